The lowest BCUT2D eigenvalue weighted by Crippen LogP contribution is -2.45. The van der Waals surface area contributed by atoms with Crippen molar-refractivity contribution in [3.8, 4) is 0 Å². The summed E-state index contributed by atoms with van der Waals surface area (Å²) in [5.74, 6) is -0.0269. The first-order valence-electron chi connectivity index (χ1n) is 29.8. The van der Waals surface area contributed by atoms with Crippen molar-refractivity contribution >= 4 is 11.9 Å². The molecule has 2 unspecified atom stereocenters. The van der Waals surface area contributed by atoms with Crippen molar-refractivity contribution in [2.45, 2.75) is 353 Å². The standard InChI is InChI=1S/C59H117NO5/c1-3-5-7-9-11-13-15-16-17-18-19-22-25-28-32-35-39-43-47-51-57(62)56(55-61)60-58(63)52-48-44-40-36-33-29-26-23-20-21-24-27-30-34-38-42-46-50-54-65-59(64)53-49-45-41-37-31-14-12-10-8-6-4-2/h56-57,61-62H,3-55H2,1-2H3,(H,60,63). The van der Waals surface area contributed by atoms with Gasteiger partial charge in [-0.1, -0.05) is 303 Å². The molecule has 0 heterocycles. The first-order chi connectivity index (χ1) is 32.0. The number of carbonyl (C=O) groups is 2. The number of carbonyl (C=O) groups excluding carboxylic acids is 2. The van der Waals surface area contributed by atoms with Gasteiger partial charge in [-0.3, -0.25) is 9.59 Å². The Morgan fingerprint density at radius 1 is 0.369 bits per heavy atom. The number of unbranched alkanes of at least 4 members (excludes halogenated alkanes) is 45. The Hall–Kier alpha value is -1.14. The molecule has 0 aromatic heterocycles. The summed E-state index contributed by atoms with van der Waals surface area (Å²) in [6.07, 6.45) is 63.8. The Balaban J connectivity index is 3.40. The molecule has 0 aliphatic carbocycles. The van der Waals surface area contributed by atoms with E-state index < -0.39 is 12.1 Å². The molecule has 65 heavy (non-hydrogen) atoms. The van der Waals surface area contributed by atoms with Gasteiger partial charge in [0.15, 0.2) is 0 Å². The summed E-state index contributed by atoms with van der Waals surface area (Å²) in [5, 5.41) is 23.3. The normalized spacial score (nSPS) is 12.5. The van der Waals surface area contributed by atoms with Crippen molar-refractivity contribution in [2.75, 3.05) is 13.2 Å². The van der Waals surface area contributed by atoms with Crippen LogP contribution in [0.5, 0.6) is 0 Å². The Labute approximate surface area is 406 Å². The number of rotatable bonds is 56. The maximum Gasteiger partial charge on any atom is 0.305 e. The van der Waals surface area contributed by atoms with Crippen LogP contribution in [0.4, 0.5) is 0 Å². The lowest BCUT2D eigenvalue weighted by Gasteiger charge is -2.22. The summed E-state index contributed by atoms with van der Waals surface area (Å²) in [7, 11) is 0. The Morgan fingerprint density at radius 2 is 0.631 bits per heavy atom. The fraction of sp³-hybridized carbons (Fsp3) is 0.966. The number of aliphatic hydroxyl groups excluding tert-OH is 2. The molecule has 0 bridgehead atoms. The molecule has 3 N–H and O–H groups in total. The highest BCUT2D eigenvalue weighted by Crippen LogP contribution is 2.18. The lowest BCUT2D eigenvalue weighted by molar-refractivity contribution is -0.143. The zero-order valence-electron chi connectivity index (χ0n) is 44.3. The molecule has 0 saturated carbocycles. The van der Waals surface area contributed by atoms with Crippen molar-refractivity contribution in [3.63, 3.8) is 0 Å². The molecular weight excluding hydrogens is 803 g/mol. The predicted octanol–water partition coefficient (Wildman–Crippen LogP) is 18.3. The van der Waals surface area contributed by atoms with Gasteiger partial charge >= 0.3 is 5.97 Å². The van der Waals surface area contributed by atoms with Crippen LogP contribution in [-0.2, 0) is 14.3 Å². The maximum absolute atomic E-state index is 12.5. The Kier molecular flexibility index (Phi) is 54.5. The van der Waals surface area contributed by atoms with Crippen LogP contribution in [0, 0.1) is 0 Å². The second-order valence-electron chi connectivity index (χ2n) is 20.7. The number of amides is 1. The maximum atomic E-state index is 12.5. The van der Waals surface area contributed by atoms with Gasteiger partial charge in [0.05, 0.1) is 25.4 Å². The average Bonchev–Trinajstić information content (AvgIpc) is 3.31. The molecule has 0 fully saturated rings. The van der Waals surface area contributed by atoms with E-state index in [2.05, 4.69) is 19.2 Å². The largest absolute Gasteiger partial charge is 0.466 e. The van der Waals surface area contributed by atoms with Gasteiger partial charge in [-0.05, 0) is 25.7 Å². The zero-order valence-corrected chi connectivity index (χ0v) is 44.3. The van der Waals surface area contributed by atoms with E-state index in [0.717, 1.165) is 38.5 Å². The second kappa shape index (κ2) is 55.5. The minimum atomic E-state index is -0.666. The molecule has 388 valence electrons. The van der Waals surface area contributed by atoms with Crippen LogP contribution in [0.1, 0.15) is 341 Å². The van der Waals surface area contributed by atoms with Crippen molar-refractivity contribution in [3.05, 3.63) is 0 Å². The van der Waals surface area contributed by atoms with Crippen LogP contribution < -0.4 is 5.32 Å². The van der Waals surface area contributed by atoms with Gasteiger partial charge in [0, 0.05) is 12.8 Å². The van der Waals surface area contributed by atoms with E-state index in [-0.39, 0.29) is 18.5 Å². The smallest absolute Gasteiger partial charge is 0.305 e. The fourth-order valence-electron chi connectivity index (χ4n) is 9.58. The summed E-state index contributed by atoms with van der Waals surface area (Å²) in [5.41, 5.74) is 0. The number of ether oxygens (including phenoxy) is 1. The number of nitrogens with one attached hydrogen (secondary N) is 1. The number of hydrogen-bond donors (Lipinski definition) is 3. The van der Waals surface area contributed by atoms with Gasteiger partial charge in [0.2, 0.25) is 5.91 Å². The number of aliphatic hydroxyl groups is 2. The Morgan fingerprint density at radius 3 is 0.938 bits per heavy atom. The SMILES string of the molecule is CCCCCCCCCCCCCCCCCCCCCC(O)C(CO)NC(=O)CCCCCCCCCCCCCCCCCCCCOC(=O)CCCCCCCCCCCCC. The monoisotopic (exact) mass is 920 g/mol. The van der Waals surface area contributed by atoms with Gasteiger partial charge in [-0.2, -0.15) is 0 Å². The molecule has 0 saturated heterocycles. The highest BCUT2D eigenvalue weighted by atomic mass is 16.5. The van der Waals surface area contributed by atoms with E-state index in [0.29, 0.717) is 25.9 Å². The first kappa shape index (κ1) is 63.9. The third kappa shape index (κ3) is 52.1. The molecule has 0 rings (SSSR count). The predicted molar refractivity (Wildman–Crippen MR) is 283 cm³/mol. The molecular formula is C59H117NO5. The number of esters is 1. The van der Waals surface area contributed by atoms with Crippen LogP contribution in [0.25, 0.3) is 0 Å². The fourth-order valence-corrected chi connectivity index (χ4v) is 9.58. The van der Waals surface area contributed by atoms with E-state index >= 15 is 0 Å². The van der Waals surface area contributed by atoms with E-state index in [4.69, 9.17) is 4.74 Å². The molecule has 0 spiro atoms. The molecule has 0 aliphatic rings. The molecule has 1 amide bonds. The minimum absolute atomic E-state index is 0.00810. The average molecular weight is 921 g/mol. The van der Waals surface area contributed by atoms with Crippen LogP contribution >= 0.6 is 0 Å². The lowest BCUT2D eigenvalue weighted by atomic mass is 10.0. The van der Waals surface area contributed by atoms with E-state index in [1.54, 1.807) is 0 Å². The summed E-state index contributed by atoms with van der Waals surface area (Å²) < 4.78 is 5.46. The highest BCUT2D eigenvalue weighted by molar-refractivity contribution is 5.76. The summed E-state index contributed by atoms with van der Waals surface area (Å²) in [6, 6.07) is -0.543. The van der Waals surface area contributed by atoms with Gasteiger partial charge < -0.3 is 20.3 Å². The van der Waals surface area contributed by atoms with Crippen molar-refractivity contribution < 1.29 is 24.5 Å². The summed E-state index contributed by atoms with van der Waals surface area (Å²) in [6.45, 7) is 4.97. The molecule has 0 radical (unpaired) electrons. The third-order valence-corrected chi connectivity index (χ3v) is 14.2. The molecule has 0 aromatic rings. The van der Waals surface area contributed by atoms with Crippen LogP contribution in [-0.4, -0.2) is 47.4 Å². The topological polar surface area (TPSA) is 95.9 Å². The molecule has 0 aromatic carbocycles. The van der Waals surface area contributed by atoms with Crippen molar-refractivity contribution in [1.82, 2.24) is 5.32 Å². The van der Waals surface area contributed by atoms with Crippen LogP contribution in [0.2, 0.25) is 0 Å². The molecule has 2 atom stereocenters. The third-order valence-electron chi connectivity index (χ3n) is 14.2. The van der Waals surface area contributed by atoms with Crippen molar-refractivity contribution in [1.29, 1.82) is 0 Å². The van der Waals surface area contributed by atoms with E-state index in [9.17, 15) is 19.8 Å². The molecule has 6 nitrogen and oxygen atoms in total. The van der Waals surface area contributed by atoms with Gasteiger partial charge in [-0.25, -0.2) is 0 Å². The van der Waals surface area contributed by atoms with Crippen LogP contribution in [0.15, 0.2) is 0 Å². The van der Waals surface area contributed by atoms with Crippen molar-refractivity contribution in [2.24, 2.45) is 0 Å². The highest BCUT2D eigenvalue weighted by Gasteiger charge is 2.20. The molecule has 0 aliphatic heterocycles. The van der Waals surface area contributed by atoms with E-state index in [1.807, 2.05) is 0 Å². The van der Waals surface area contributed by atoms with Crippen LogP contribution in [0.3, 0.4) is 0 Å². The van der Waals surface area contributed by atoms with Gasteiger partial charge in [0.1, 0.15) is 0 Å². The quantitative estimate of drug-likeness (QED) is 0.0417. The molecule has 6 heteroatoms. The summed E-state index contributed by atoms with van der Waals surface area (Å²) in [4.78, 5) is 24.5. The van der Waals surface area contributed by atoms with Gasteiger partial charge in [0.25, 0.3) is 0 Å². The second-order valence-corrected chi connectivity index (χ2v) is 20.7. The van der Waals surface area contributed by atoms with Gasteiger partial charge in [-0.15, -0.1) is 0 Å². The minimum Gasteiger partial charge on any atom is -0.466 e. The zero-order chi connectivity index (χ0) is 47.2. The van der Waals surface area contributed by atoms with E-state index in [1.165, 1.54) is 270 Å². The number of hydrogen-bond acceptors (Lipinski definition) is 5. The Bertz CT molecular complexity index is 928. The summed E-state index contributed by atoms with van der Waals surface area (Å²) >= 11 is 0. The first-order valence-corrected chi connectivity index (χ1v) is 29.8.